The molecule has 0 aliphatic rings. The number of hydrogen-bond donors (Lipinski definition) is 1. The van der Waals surface area contributed by atoms with E-state index < -0.39 is 6.10 Å². The molecule has 3 nitrogen and oxygen atoms in total. The van der Waals surface area contributed by atoms with Gasteiger partial charge in [-0.2, -0.15) is 0 Å². The summed E-state index contributed by atoms with van der Waals surface area (Å²) in [5.41, 5.74) is 1.11. The molecule has 3 heteroatoms. The van der Waals surface area contributed by atoms with Crippen molar-refractivity contribution >= 4 is 0 Å². The molecule has 0 saturated carbocycles. The monoisotopic (exact) mass is 264 g/mol. The molecule has 1 rings (SSSR count). The molecule has 1 N–H and O–H groups in total. The van der Waals surface area contributed by atoms with Gasteiger partial charge in [-0.05, 0) is 18.4 Å². The van der Waals surface area contributed by atoms with Gasteiger partial charge in [0.1, 0.15) is 6.79 Å². The minimum Gasteiger partial charge on any atom is -0.386 e. The second-order valence-corrected chi connectivity index (χ2v) is 4.94. The van der Waals surface area contributed by atoms with E-state index in [0.717, 1.165) is 5.56 Å². The van der Waals surface area contributed by atoms with E-state index in [2.05, 4.69) is 13.8 Å². The maximum absolute atomic E-state index is 9.82. The summed E-state index contributed by atoms with van der Waals surface area (Å²) in [6.45, 7) is 6.67. The summed E-state index contributed by atoms with van der Waals surface area (Å²) < 4.78 is 10.8. The van der Waals surface area contributed by atoms with Crippen molar-refractivity contribution in [1.29, 1.82) is 0 Å². The number of allylic oxidation sites excluding steroid dienone is 1. The predicted octanol–water partition coefficient (Wildman–Crippen LogP) is 3.14. The summed E-state index contributed by atoms with van der Waals surface area (Å²) >= 11 is 0. The Hall–Kier alpha value is -1.16. The normalized spacial score (nSPS) is 15.0. The smallest absolute Gasteiger partial charge is 0.147 e. The summed E-state index contributed by atoms with van der Waals surface area (Å²) in [6, 6.07) is 9.93. The standard InChI is InChI=1S/C16H24O3/c1-13(2)9-10-16(17)14(3)19-12-18-11-15-7-5-4-6-8-15/h4-10,13-14,16-17H,11-12H2,1-3H3/b10-9+/t14-,16+/m1/s1. The molecule has 0 bridgehead atoms. The summed E-state index contributed by atoms with van der Waals surface area (Å²) in [5.74, 6) is 0.427. The Labute approximate surface area is 115 Å². The van der Waals surface area contributed by atoms with Crippen molar-refractivity contribution in [2.45, 2.75) is 39.6 Å². The first-order valence-electron chi connectivity index (χ1n) is 6.69. The van der Waals surface area contributed by atoms with Crippen LogP contribution in [0.15, 0.2) is 42.5 Å². The van der Waals surface area contributed by atoms with E-state index in [4.69, 9.17) is 9.47 Å². The molecular weight excluding hydrogens is 240 g/mol. The van der Waals surface area contributed by atoms with Crippen LogP contribution in [0.3, 0.4) is 0 Å². The second kappa shape index (κ2) is 8.86. The summed E-state index contributed by atoms with van der Waals surface area (Å²) in [7, 11) is 0. The molecule has 0 radical (unpaired) electrons. The van der Waals surface area contributed by atoms with E-state index in [-0.39, 0.29) is 12.9 Å². The average molecular weight is 264 g/mol. The van der Waals surface area contributed by atoms with Crippen molar-refractivity contribution in [3.63, 3.8) is 0 Å². The fraction of sp³-hybridized carbons (Fsp3) is 0.500. The van der Waals surface area contributed by atoms with Crippen molar-refractivity contribution in [3.8, 4) is 0 Å². The van der Waals surface area contributed by atoms with Gasteiger partial charge in [0.2, 0.25) is 0 Å². The molecule has 0 spiro atoms. The van der Waals surface area contributed by atoms with Crippen molar-refractivity contribution < 1.29 is 14.6 Å². The first-order valence-corrected chi connectivity index (χ1v) is 6.69. The van der Waals surface area contributed by atoms with Crippen LogP contribution in [0.25, 0.3) is 0 Å². The molecule has 0 fully saturated rings. The highest BCUT2D eigenvalue weighted by molar-refractivity contribution is 5.13. The van der Waals surface area contributed by atoms with Crippen LogP contribution >= 0.6 is 0 Å². The maximum atomic E-state index is 9.82. The van der Waals surface area contributed by atoms with Gasteiger partial charge in [-0.3, -0.25) is 0 Å². The Morgan fingerprint density at radius 2 is 1.79 bits per heavy atom. The van der Waals surface area contributed by atoms with Crippen molar-refractivity contribution in [2.75, 3.05) is 6.79 Å². The highest BCUT2D eigenvalue weighted by atomic mass is 16.7. The molecule has 1 aromatic carbocycles. The SMILES string of the molecule is CC(C)/C=C/[C@H](O)[C@@H](C)OCOCc1ccccc1. The molecule has 0 aromatic heterocycles. The van der Waals surface area contributed by atoms with Gasteiger partial charge in [0, 0.05) is 0 Å². The number of ether oxygens (including phenoxy) is 2. The van der Waals surface area contributed by atoms with Gasteiger partial charge in [-0.25, -0.2) is 0 Å². The van der Waals surface area contributed by atoms with Crippen molar-refractivity contribution in [1.82, 2.24) is 0 Å². The number of aliphatic hydroxyl groups is 1. The van der Waals surface area contributed by atoms with Crippen LogP contribution in [0, 0.1) is 5.92 Å². The topological polar surface area (TPSA) is 38.7 Å². The fourth-order valence-electron chi connectivity index (χ4n) is 1.48. The fourth-order valence-corrected chi connectivity index (χ4v) is 1.48. The third-order valence-corrected chi connectivity index (χ3v) is 2.70. The minimum absolute atomic E-state index is 0.183. The Morgan fingerprint density at radius 1 is 1.11 bits per heavy atom. The zero-order chi connectivity index (χ0) is 14.1. The van der Waals surface area contributed by atoms with Crippen molar-refractivity contribution in [3.05, 3.63) is 48.0 Å². The van der Waals surface area contributed by atoms with Gasteiger partial charge in [0.15, 0.2) is 0 Å². The molecule has 2 atom stereocenters. The Kier molecular flexibility index (Phi) is 7.41. The molecule has 0 aliphatic carbocycles. The van der Waals surface area contributed by atoms with E-state index in [1.54, 1.807) is 6.08 Å². The van der Waals surface area contributed by atoms with Crippen LogP contribution in [0.5, 0.6) is 0 Å². The second-order valence-electron chi connectivity index (χ2n) is 4.94. The van der Waals surface area contributed by atoms with Gasteiger partial charge in [0.25, 0.3) is 0 Å². The van der Waals surface area contributed by atoms with E-state index in [0.29, 0.717) is 12.5 Å². The van der Waals surface area contributed by atoms with Gasteiger partial charge in [0.05, 0.1) is 18.8 Å². The summed E-state index contributed by atoms with van der Waals surface area (Å²) in [5, 5.41) is 9.82. The summed E-state index contributed by atoms with van der Waals surface area (Å²) in [6.07, 6.45) is 2.87. The lowest BCUT2D eigenvalue weighted by Crippen LogP contribution is -2.25. The van der Waals surface area contributed by atoms with E-state index >= 15 is 0 Å². The molecule has 0 amide bonds. The third kappa shape index (κ3) is 7.11. The van der Waals surface area contributed by atoms with Gasteiger partial charge < -0.3 is 14.6 Å². The summed E-state index contributed by atoms with van der Waals surface area (Å²) in [4.78, 5) is 0. The minimum atomic E-state index is -0.595. The van der Waals surface area contributed by atoms with Crippen LogP contribution in [0.1, 0.15) is 26.3 Å². The molecule has 0 unspecified atom stereocenters. The first kappa shape index (κ1) is 15.9. The lowest BCUT2D eigenvalue weighted by molar-refractivity contribution is -0.114. The lowest BCUT2D eigenvalue weighted by atomic mass is 10.1. The Balaban J connectivity index is 2.18. The molecule has 0 heterocycles. The Morgan fingerprint density at radius 3 is 2.42 bits per heavy atom. The molecule has 1 aromatic rings. The average Bonchev–Trinajstić information content (AvgIpc) is 2.41. The van der Waals surface area contributed by atoms with E-state index in [9.17, 15) is 5.11 Å². The van der Waals surface area contributed by atoms with Gasteiger partial charge in [-0.15, -0.1) is 0 Å². The van der Waals surface area contributed by atoms with Crippen LogP contribution in [0.4, 0.5) is 0 Å². The molecular formula is C16H24O3. The third-order valence-electron chi connectivity index (χ3n) is 2.70. The first-order chi connectivity index (χ1) is 9.09. The highest BCUT2D eigenvalue weighted by Gasteiger charge is 2.11. The van der Waals surface area contributed by atoms with Crippen LogP contribution in [-0.4, -0.2) is 24.1 Å². The van der Waals surface area contributed by atoms with E-state index in [1.165, 1.54) is 0 Å². The number of benzene rings is 1. The van der Waals surface area contributed by atoms with Crippen LogP contribution in [-0.2, 0) is 16.1 Å². The van der Waals surface area contributed by atoms with E-state index in [1.807, 2.05) is 43.3 Å². The van der Waals surface area contributed by atoms with Gasteiger partial charge in [-0.1, -0.05) is 56.3 Å². The largest absolute Gasteiger partial charge is 0.386 e. The van der Waals surface area contributed by atoms with Crippen LogP contribution < -0.4 is 0 Å². The molecule has 0 saturated heterocycles. The van der Waals surface area contributed by atoms with Crippen molar-refractivity contribution in [2.24, 2.45) is 5.92 Å². The number of hydrogen-bond acceptors (Lipinski definition) is 3. The Bertz CT molecular complexity index is 360. The predicted molar refractivity (Wildman–Crippen MR) is 76.6 cm³/mol. The lowest BCUT2D eigenvalue weighted by Gasteiger charge is -2.17. The molecule has 0 aliphatic heterocycles. The van der Waals surface area contributed by atoms with Gasteiger partial charge >= 0.3 is 0 Å². The van der Waals surface area contributed by atoms with Crippen LogP contribution in [0.2, 0.25) is 0 Å². The highest BCUT2D eigenvalue weighted by Crippen LogP contribution is 2.05. The molecule has 106 valence electrons. The zero-order valence-corrected chi connectivity index (χ0v) is 12.0. The maximum Gasteiger partial charge on any atom is 0.147 e. The quantitative estimate of drug-likeness (QED) is 0.445. The molecule has 19 heavy (non-hydrogen) atoms. The zero-order valence-electron chi connectivity index (χ0n) is 12.0. The number of rotatable bonds is 8. The number of aliphatic hydroxyl groups excluding tert-OH is 1.